The van der Waals surface area contributed by atoms with Gasteiger partial charge in [0.1, 0.15) is 6.10 Å². The Morgan fingerprint density at radius 3 is 2.29 bits per heavy atom. The van der Waals surface area contributed by atoms with E-state index in [1.807, 2.05) is 0 Å². The predicted molar refractivity (Wildman–Crippen MR) is 131 cm³/mol. The second kappa shape index (κ2) is 8.27. The van der Waals surface area contributed by atoms with Crippen molar-refractivity contribution in [3.05, 3.63) is 11.1 Å². The number of carbonyl (C=O) groups is 4. The summed E-state index contributed by atoms with van der Waals surface area (Å²) in [6.07, 6.45) is 4.40. The molecule has 0 aromatic carbocycles. The quantitative estimate of drug-likeness (QED) is 0.513. The van der Waals surface area contributed by atoms with Gasteiger partial charge >= 0.3 is 11.9 Å². The van der Waals surface area contributed by atoms with Crippen LogP contribution in [-0.4, -0.2) is 34.7 Å². The Balaban J connectivity index is 1.77. The Morgan fingerprint density at radius 2 is 1.69 bits per heavy atom. The number of esters is 1. The molecular formula is C29H42O6. The van der Waals surface area contributed by atoms with E-state index in [0.717, 1.165) is 30.4 Å². The molecule has 0 unspecified atom stereocenters. The molecule has 2 fully saturated rings. The standard InChI is InChI=1S/C29H42O6/c1-16(8-9-23(33)34)18-10-13-28(6)25-19(31)14-21-26(3,4)22(35-17(2)30)11-12-27(21,5)24(25)20(32)15-29(18,28)7/h16,18,21-22H,8-15H2,1-7H3,(H,33,34)/t16-,18+,21+,22+,27-,28-,29-/m0/s1. The van der Waals surface area contributed by atoms with Crippen molar-refractivity contribution in [2.24, 2.45) is 39.4 Å². The summed E-state index contributed by atoms with van der Waals surface area (Å²) in [7, 11) is 0. The van der Waals surface area contributed by atoms with Crippen molar-refractivity contribution < 1.29 is 29.0 Å². The van der Waals surface area contributed by atoms with Crippen molar-refractivity contribution in [1.82, 2.24) is 0 Å². The molecule has 194 valence electrons. The number of allylic oxidation sites excluding steroid dienone is 2. The lowest BCUT2D eigenvalue weighted by molar-refractivity contribution is -0.169. The Bertz CT molecular complexity index is 1010. The van der Waals surface area contributed by atoms with E-state index in [1.165, 1.54) is 6.92 Å². The number of carbonyl (C=O) groups excluding carboxylic acids is 3. The fourth-order valence-electron chi connectivity index (χ4n) is 9.06. The summed E-state index contributed by atoms with van der Waals surface area (Å²) in [6, 6.07) is 0. The first-order valence-electron chi connectivity index (χ1n) is 13.3. The molecule has 4 aliphatic carbocycles. The molecule has 0 radical (unpaired) electrons. The van der Waals surface area contributed by atoms with E-state index in [2.05, 4.69) is 41.5 Å². The number of carboxylic acid groups (broad SMARTS) is 1. The Morgan fingerprint density at radius 1 is 1.03 bits per heavy atom. The van der Waals surface area contributed by atoms with Crippen molar-refractivity contribution in [2.75, 3.05) is 0 Å². The summed E-state index contributed by atoms with van der Waals surface area (Å²) < 4.78 is 5.69. The van der Waals surface area contributed by atoms with E-state index in [1.54, 1.807) is 0 Å². The third kappa shape index (κ3) is 3.64. The van der Waals surface area contributed by atoms with Crippen LogP contribution in [0.2, 0.25) is 0 Å². The van der Waals surface area contributed by atoms with Crippen molar-refractivity contribution in [3.8, 4) is 0 Å². The van der Waals surface area contributed by atoms with Gasteiger partial charge in [0, 0.05) is 53.6 Å². The summed E-state index contributed by atoms with van der Waals surface area (Å²) >= 11 is 0. The second-order valence-corrected chi connectivity index (χ2v) is 13.2. The lowest BCUT2D eigenvalue weighted by Crippen LogP contribution is -2.59. The average Bonchev–Trinajstić information content (AvgIpc) is 3.00. The summed E-state index contributed by atoms with van der Waals surface area (Å²) in [5.41, 5.74) is -0.0581. The van der Waals surface area contributed by atoms with Crippen LogP contribution in [-0.2, 0) is 23.9 Å². The molecule has 4 rings (SSSR count). The minimum absolute atomic E-state index is 0.0667. The van der Waals surface area contributed by atoms with Gasteiger partial charge in [-0.05, 0) is 55.3 Å². The second-order valence-electron chi connectivity index (χ2n) is 13.2. The normalized spacial score (nSPS) is 41.1. The Hall–Kier alpha value is -1.98. The highest BCUT2D eigenvalue weighted by Gasteiger charge is 2.67. The minimum atomic E-state index is -0.791. The van der Waals surface area contributed by atoms with Crippen LogP contribution < -0.4 is 0 Å². The van der Waals surface area contributed by atoms with Gasteiger partial charge in [0.2, 0.25) is 0 Å². The molecule has 0 aromatic rings. The number of aliphatic carboxylic acids is 1. The topological polar surface area (TPSA) is 97.7 Å². The Kier molecular flexibility index (Phi) is 6.17. The lowest BCUT2D eigenvalue weighted by atomic mass is 9.42. The molecule has 2 saturated carbocycles. The number of carboxylic acids is 1. The van der Waals surface area contributed by atoms with Crippen molar-refractivity contribution in [3.63, 3.8) is 0 Å². The van der Waals surface area contributed by atoms with Gasteiger partial charge in [0.05, 0.1) is 0 Å². The van der Waals surface area contributed by atoms with Crippen LogP contribution in [0.15, 0.2) is 11.1 Å². The van der Waals surface area contributed by atoms with Crippen LogP contribution in [0.1, 0.15) is 99.8 Å². The van der Waals surface area contributed by atoms with Crippen molar-refractivity contribution in [2.45, 2.75) is 106 Å². The molecule has 0 aliphatic heterocycles. The molecular weight excluding hydrogens is 444 g/mol. The monoisotopic (exact) mass is 486 g/mol. The molecule has 0 spiro atoms. The molecule has 4 aliphatic rings. The van der Waals surface area contributed by atoms with Gasteiger partial charge in [-0.25, -0.2) is 0 Å². The zero-order valence-electron chi connectivity index (χ0n) is 22.5. The number of fused-ring (bicyclic) bond motifs is 4. The predicted octanol–water partition coefficient (Wildman–Crippen LogP) is 5.53. The number of Topliss-reactive ketones (excluding diaryl/α,β-unsaturated/α-hetero) is 2. The van der Waals surface area contributed by atoms with Crippen LogP contribution >= 0.6 is 0 Å². The van der Waals surface area contributed by atoms with Crippen molar-refractivity contribution >= 4 is 23.5 Å². The van der Waals surface area contributed by atoms with Crippen LogP contribution in [0.3, 0.4) is 0 Å². The van der Waals surface area contributed by atoms with E-state index in [4.69, 9.17) is 4.74 Å². The van der Waals surface area contributed by atoms with Crippen LogP contribution in [0.4, 0.5) is 0 Å². The molecule has 0 aromatic heterocycles. The summed E-state index contributed by atoms with van der Waals surface area (Å²) in [6.45, 7) is 14.2. The van der Waals surface area contributed by atoms with Gasteiger partial charge in [-0.1, -0.05) is 41.5 Å². The molecule has 7 atom stereocenters. The maximum absolute atomic E-state index is 14.0. The van der Waals surface area contributed by atoms with E-state index >= 15 is 0 Å². The summed E-state index contributed by atoms with van der Waals surface area (Å²) in [5.74, 6) is -0.602. The smallest absolute Gasteiger partial charge is 0.303 e. The largest absolute Gasteiger partial charge is 0.481 e. The van der Waals surface area contributed by atoms with E-state index in [-0.39, 0.29) is 58.6 Å². The van der Waals surface area contributed by atoms with Gasteiger partial charge in [-0.2, -0.15) is 0 Å². The molecule has 6 nitrogen and oxygen atoms in total. The summed E-state index contributed by atoms with van der Waals surface area (Å²) in [5, 5.41) is 9.20. The number of hydrogen-bond donors (Lipinski definition) is 1. The van der Waals surface area contributed by atoms with Gasteiger partial charge in [-0.3, -0.25) is 19.2 Å². The molecule has 0 bridgehead atoms. The molecule has 35 heavy (non-hydrogen) atoms. The van der Waals surface area contributed by atoms with Gasteiger partial charge in [0.25, 0.3) is 0 Å². The van der Waals surface area contributed by atoms with Gasteiger partial charge < -0.3 is 9.84 Å². The SMILES string of the molecule is CC(=O)O[C@@H]1CC[C@]2(C)C3=C(C(=O)C[C@@H]2C1(C)C)[C@]1(C)CC[C@H]([C@@H](C)CCC(=O)O)[C@]1(C)CC3=O. The van der Waals surface area contributed by atoms with Gasteiger partial charge in [-0.15, -0.1) is 0 Å². The highest BCUT2D eigenvalue weighted by atomic mass is 16.5. The van der Waals surface area contributed by atoms with Gasteiger partial charge in [0.15, 0.2) is 11.6 Å². The first kappa shape index (κ1) is 26.1. The number of ether oxygens (including phenoxy) is 1. The number of hydrogen-bond acceptors (Lipinski definition) is 5. The first-order chi connectivity index (χ1) is 16.1. The fraction of sp³-hybridized carbons (Fsp3) is 0.793. The molecule has 6 heteroatoms. The first-order valence-corrected chi connectivity index (χ1v) is 13.3. The Labute approximate surface area is 209 Å². The molecule has 0 amide bonds. The maximum Gasteiger partial charge on any atom is 0.303 e. The van der Waals surface area contributed by atoms with Crippen LogP contribution in [0, 0.1) is 39.4 Å². The highest BCUT2D eigenvalue weighted by Crippen LogP contribution is 2.71. The zero-order chi connectivity index (χ0) is 26.1. The molecule has 0 heterocycles. The molecule has 0 saturated heterocycles. The third-order valence-corrected chi connectivity index (χ3v) is 11.1. The maximum atomic E-state index is 14.0. The molecule has 1 N–H and O–H groups in total. The minimum Gasteiger partial charge on any atom is -0.481 e. The van der Waals surface area contributed by atoms with E-state index in [0.29, 0.717) is 25.7 Å². The lowest BCUT2D eigenvalue weighted by Gasteiger charge is -2.60. The highest BCUT2D eigenvalue weighted by molar-refractivity contribution is 6.11. The number of rotatable bonds is 5. The third-order valence-electron chi connectivity index (χ3n) is 11.1. The van der Waals surface area contributed by atoms with E-state index in [9.17, 15) is 24.3 Å². The summed E-state index contributed by atoms with van der Waals surface area (Å²) in [4.78, 5) is 51.0. The van der Waals surface area contributed by atoms with Crippen molar-refractivity contribution in [1.29, 1.82) is 0 Å². The number of ketones is 2. The zero-order valence-corrected chi connectivity index (χ0v) is 22.5. The van der Waals surface area contributed by atoms with E-state index < -0.39 is 16.8 Å². The fourth-order valence-corrected chi connectivity index (χ4v) is 9.06. The van der Waals surface area contributed by atoms with Crippen LogP contribution in [0.25, 0.3) is 0 Å². The average molecular weight is 487 g/mol. The van der Waals surface area contributed by atoms with Crippen LogP contribution in [0.5, 0.6) is 0 Å².